The van der Waals surface area contributed by atoms with Gasteiger partial charge in [0, 0.05) is 12.0 Å². The zero-order valence-electron chi connectivity index (χ0n) is 9.77. The van der Waals surface area contributed by atoms with Crippen molar-refractivity contribution in [2.75, 3.05) is 18.4 Å². The van der Waals surface area contributed by atoms with Gasteiger partial charge in [0.15, 0.2) is 5.82 Å². The second kappa shape index (κ2) is 5.20. The van der Waals surface area contributed by atoms with Gasteiger partial charge in [0.05, 0.1) is 10.7 Å². The number of benzene rings is 1. The van der Waals surface area contributed by atoms with E-state index in [1.165, 1.54) is 0 Å². The van der Waals surface area contributed by atoms with Crippen molar-refractivity contribution < 1.29 is 13.6 Å². The molecule has 1 aromatic carbocycles. The van der Waals surface area contributed by atoms with Crippen LogP contribution in [0.1, 0.15) is 6.92 Å². The predicted octanol–water partition coefficient (Wildman–Crippen LogP) is 2.41. The van der Waals surface area contributed by atoms with Gasteiger partial charge in [-0.05, 0) is 25.1 Å². The van der Waals surface area contributed by atoms with E-state index in [0.717, 1.165) is 19.2 Å². The molecule has 0 saturated carbocycles. The highest BCUT2D eigenvalue weighted by Gasteiger charge is 2.29. The Morgan fingerprint density at radius 1 is 1.50 bits per heavy atom. The number of amides is 1. The lowest BCUT2D eigenvalue weighted by Crippen LogP contribution is -2.48. The lowest BCUT2D eigenvalue weighted by Gasteiger charge is -2.31. The van der Waals surface area contributed by atoms with E-state index in [-0.39, 0.29) is 28.5 Å². The summed E-state index contributed by atoms with van der Waals surface area (Å²) in [5, 5.41) is 5.34. The molecule has 3 nitrogen and oxygen atoms in total. The van der Waals surface area contributed by atoms with Crippen molar-refractivity contribution in [3.8, 4) is 0 Å². The van der Waals surface area contributed by atoms with Gasteiger partial charge in [-0.15, -0.1) is 0 Å². The van der Waals surface area contributed by atoms with Crippen LogP contribution in [0.3, 0.4) is 0 Å². The fraction of sp³-hybridized carbons (Fsp3) is 0.417. The van der Waals surface area contributed by atoms with Crippen molar-refractivity contribution in [2.24, 2.45) is 11.8 Å². The van der Waals surface area contributed by atoms with Gasteiger partial charge in [-0.25, -0.2) is 8.78 Å². The molecule has 1 amide bonds. The van der Waals surface area contributed by atoms with Gasteiger partial charge in [-0.1, -0.05) is 18.5 Å². The van der Waals surface area contributed by atoms with Crippen molar-refractivity contribution in [1.82, 2.24) is 5.32 Å². The van der Waals surface area contributed by atoms with Crippen LogP contribution in [-0.2, 0) is 4.79 Å². The number of carbonyl (C=O) groups excluding carboxylic acids is 1. The van der Waals surface area contributed by atoms with Crippen LogP contribution in [0, 0.1) is 23.5 Å². The van der Waals surface area contributed by atoms with E-state index < -0.39 is 11.6 Å². The Morgan fingerprint density at radius 3 is 2.67 bits per heavy atom. The Labute approximate surface area is 109 Å². The topological polar surface area (TPSA) is 41.1 Å². The molecule has 0 spiro atoms. The summed E-state index contributed by atoms with van der Waals surface area (Å²) in [6.45, 7) is 3.32. The second-order valence-corrected chi connectivity index (χ2v) is 4.85. The molecule has 1 saturated heterocycles. The monoisotopic (exact) mass is 274 g/mol. The van der Waals surface area contributed by atoms with E-state index >= 15 is 0 Å². The number of rotatable bonds is 3. The Kier molecular flexibility index (Phi) is 3.82. The van der Waals surface area contributed by atoms with Gasteiger partial charge in [0.1, 0.15) is 5.82 Å². The second-order valence-electron chi connectivity index (χ2n) is 4.44. The molecule has 1 atom stereocenters. The van der Waals surface area contributed by atoms with Gasteiger partial charge in [0.25, 0.3) is 0 Å². The van der Waals surface area contributed by atoms with Crippen LogP contribution in [0.4, 0.5) is 14.5 Å². The summed E-state index contributed by atoms with van der Waals surface area (Å²) in [7, 11) is 0. The van der Waals surface area contributed by atoms with E-state index in [1.54, 1.807) is 6.92 Å². The highest BCUT2D eigenvalue weighted by Crippen LogP contribution is 2.27. The molecule has 98 valence electrons. The lowest BCUT2D eigenvalue weighted by atomic mass is 9.88. The van der Waals surface area contributed by atoms with Crippen LogP contribution in [-0.4, -0.2) is 19.0 Å². The van der Waals surface area contributed by atoms with E-state index in [0.29, 0.717) is 6.07 Å². The molecule has 1 aliphatic rings. The summed E-state index contributed by atoms with van der Waals surface area (Å²) < 4.78 is 26.3. The van der Waals surface area contributed by atoms with Crippen molar-refractivity contribution >= 4 is 23.2 Å². The minimum atomic E-state index is -0.868. The van der Waals surface area contributed by atoms with Crippen LogP contribution < -0.4 is 10.6 Å². The van der Waals surface area contributed by atoms with Crippen LogP contribution in [0.25, 0.3) is 0 Å². The predicted molar refractivity (Wildman–Crippen MR) is 65.5 cm³/mol. The summed E-state index contributed by atoms with van der Waals surface area (Å²) in [5.74, 6) is -1.95. The number of anilines is 1. The first kappa shape index (κ1) is 13.2. The quantitative estimate of drug-likeness (QED) is 0.889. The fourth-order valence-corrected chi connectivity index (χ4v) is 2.02. The van der Waals surface area contributed by atoms with Gasteiger partial charge in [-0.3, -0.25) is 4.79 Å². The van der Waals surface area contributed by atoms with E-state index in [4.69, 9.17) is 11.6 Å². The molecule has 0 radical (unpaired) electrons. The molecule has 1 fully saturated rings. The average Bonchev–Trinajstić information content (AvgIpc) is 2.20. The molecule has 1 unspecified atom stereocenters. The number of nitrogens with one attached hydrogen (secondary N) is 2. The number of hydrogen-bond acceptors (Lipinski definition) is 2. The first-order chi connectivity index (χ1) is 8.49. The maximum Gasteiger partial charge on any atom is 0.227 e. The molecular weight excluding hydrogens is 262 g/mol. The third kappa shape index (κ3) is 2.62. The Morgan fingerprint density at radius 2 is 2.17 bits per heavy atom. The van der Waals surface area contributed by atoms with Gasteiger partial charge >= 0.3 is 0 Å². The first-order valence-electron chi connectivity index (χ1n) is 5.65. The maximum absolute atomic E-state index is 13.5. The number of hydrogen-bond donors (Lipinski definition) is 2. The molecule has 18 heavy (non-hydrogen) atoms. The highest BCUT2D eigenvalue weighted by molar-refractivity contribution is 6.33. The van der Waals surface area contributed by atoms with Crippen LogP contribution >= 0.6 is 11.6 Å². The molecule has 1 heterocycles. The molecular formula is C12H13ClF2N2O. The highest BCUT2D eigenvalue weighted by atomic mass is 35.5. The van der Waals surface area contributed by atoms with Gasteiger partial charge < -0.3 is 10.6 Å². The normalized spacial score (nSPS) is 17.1. The molecule has 1 aliphatic heterocycles. The molecule has 0 aromatic heterocycles. The number of halogens is 3. The van der Waals surface area contributed by atoms with Gasteiger partial charge in [-0.2, -0.15) is 0 Å². The van der Waals surface area contributed by atoms with Crippen molar-refractivity contribution in [3.05, 3.63) is 28.8 Å². The molecule has 2 rings (SSSR count). The summed E-state index contributed by atoms with van der Waals surface area (Å²) in [5.41, 5.74) is -0.165. The summed E-state index contributed by atoms with van der Waals surface area (Å²) in [6, 6.07) is 1.66. The maximum atomic E-state index is 13.5. The summed E-state index contributed by atoms with van der Waals surface area (Å²) in [4.78, 5) is 11.9. The SMILES string of the molecule is CC(C(=O)Nc1c(F)cc(F)cc1Cl)C1CNC1. The standard InChI is InChI=1S/C12H13ClF2N2O/c1-6(7-4-16-5-7)12(18)17-11-9(13)2-8(14)3-10(11)15/h2-3,6-7,16H,4-5H2,1H3,(H,17,18). The van der Waals surface area contributed by atoms with Crippen LogP contribution in [0.5, 0.6) is 0 Å². The minimum Gasteiger partial charge on any atom is -0.322 e. The zero-order chi connectivity index (χ0) is 13.3. The van der Waals surface area contributed by atoms with Crippen molar-refractivity contribution in [2.45, 2.75) is 6.92 Å². The third-order valence-electron chi connectivity index (χ3n) is 3.19. The largest absolute Gasteiger partial charge is 0.322 e. The van der Waals surface area contributed by atoms with E-state index in [2.05, 4.69) is 10.6 Å². The van der Waals surface area contributed by atoms with Gasteiger partial charge in [0.2, 0.25) is 5.91 Å². The molecule has 2 N–H and O–H groups in total. The molecule has 0 bridgehead atoms. The first-order valence-corrected chi connectivity index (χ1v) is 6.03. The fourth-order valence-electron chi connectivity index (χ4n) is 1.78. The Bertz CT molecular complexity index is 454. The third-order valence-corrected chi connectivity index (χ3v) is 3.49. The zero-order valence-corrected chi connectivity index (χ0v) is 10.5. The molecule has 6 heteroatoms. The minimum absolute atomic E-state index is 0.139. The van der Waals surface area contributed by atoms with Crippen molar-refractivity contribution in [1.29, 1.82) is 0 Å². The average molecular weight is 275 g/mol. The summed E-state index contributed by atoms with van der Waals surface area (Å²) >= 11 is 5.70. The molecule has 1 aromatic rings. The van der Waals surface area contributed by atoms with Crippen molar-refractivity contribution in [3.63, 3.8) is 0 Å². The molecule has 0 aliphatic carbocycles. The Hall–Kier alpha value is -1.20. The smallest absolute Gasteiger partial charge is 0.227 e. The Balaban J connectivity index is 2.11. The lowest BCUT2D eigenvalue weighted by molar-refractivity contribution is -0.121. The van der Waals surface area contributed by atoms with Crippen LogP contribution in [0.15, 0.2) is 12.1 Å². The number of carbonyl (C=O) groups is 1. The van der Waals surface area contributed by atoms with E-state index in [1.807, 2.05) is 0 Å². The summed E-state index contributed by atoms with van der Waals surface area (Å²) in [6.07, 6.45) is 0. The van der Waals surface area contributed by atoms with Crippen LogP contribution in [0.2, 0.25) is 5.02 Å². The van der Waals surface area contributed by atoms with E-state index in [9.17, 15) is 13.6 Å².